The van der Waals surface area contributed by atoms with Gasteiger partial charge in [0, 0.05) is 137 Å². The molecule has 2 atom stereocenters. The molecule has 6 aromatic carbocycles. The van der Waals surface area contributed by atoms with Crippen molar-refractivity contribution in [2.24, 2.45) is 0 Å². The summed E-state index contributed by atoms with van der Waals surface area (Å²) in [5.41, 5.74) is 10.6. The van der Waals surface area contributed by atoms with Crippen LogP contribution in [-0.2, 0) is 48.9 Å². The highest BCUT2D eigenvalue weighted by Crippen LogP contribution is 2.28. The topological polar surface area (TPSA) is 193 Å². The van der Waals surface area contributed by atoms with Crippen molar-refractivity contribution in [1.82, 2.24) is 41.7 Å². The van der Waals surface area contributed by atoms with Crippen molar-refractivity contribution < 1.29 is 73.5 Å². The monoisotopic (exact) mass is 1290 g/mol. The van der Waals surface area contributed by atoms with Crippen LogP contribution in [0.3, 0.4) is 0 Å². The Hall–Kier alpha value is -7.68. The number of quaternary nitrogens is 2. The fourth-order valence-corrected chi connectivity index (χ4v) is 11.6. The van der Waals surface area contributed by atoms with E-state index in [1.165, 1.54) is 34.4 Å². The molecule has 92 heavy (non-hydrogen) atoms. The Balaban J connectivity index is 0.000000216. The van der Waals surface area contributed by atoms with Crippen LogP contribution in [-0.4, -0.2) is 173 Å². The van der Waals surface area contributed by atoms with E-state index < -0.39 is 24.3 Å². The van der Waals surface area contributed by atoms with Gasteiger partial charge in [0.05, 0.1) is 40.3 Å². The fraction of sp³-hybridized carbons (Fsp3) is 0.412. The molecule has 16 nitrogen and oxygen atoms in total. The van der Waals surface area contributed by atoms with Crippen molar-refractivity contribution in [1.29, 1.82) is 0 Å². The number of halogens is 8. The molecule has 24 heteroatoms. The Morgan fingerprint density at radius 2 is 0.837 bits per heavy atom. The number of aliphatic carboxylic acids is 2. The highest BCUT2D eigenvalue weighted by atomic mass is 19.4. The van der Waals surface area contributed by atoms with E-state index >= 15 is 0 Å². The van der Waals surface area contributed by atoms with E-state index in [0.717, 1.165) is 149 Å². The molecule has 0 saturated carbocycles. The predicted molar refractivity (Wildman–Crippen MR) is 331 cm³/mol. The minimum Gasteiger partial charge on any atom is -0.542 e. The van der Waals surface area contributed by atoms with Gasteiger partial charge in [-0.1, -0.05) is 72.8 Å². The average Bonchev–Trinajstić information content (AvgIpc) is 0.902. The largest absolute Gasteiger partial charge is 0.542 e. The Morgan fingerprint density at radius 3 is 1.18 bits per heavy atom. The second kappa shape index (κ2) is 33.2. The zero-order chi connectivity index (χ0) is 66.6. The van der Waals surface area contributed by atoms with Crippen LogP contribution < -0.4 is 42.1 Å². The number of carboxylic acid groups (broad SMARTS) is 2. The van der Waals surface area contributed by atoms with E-state index in [0.29, 0.717) is 47.4 Å². The summed E-state index contributed by atoms with van der Waals surface area (Å²) < 4.78 is 94.9. The van der Waals surface area contributed by atoms with Crippen molar-refractivity contribution in [2.45, 2.75) is 77.6 Å². The lowest BCUT2D eigenvalue weighted by atomic mass is 10.00. The third-order valence-electron chi connectivity index (χ3n) is 16.4. The summed E-state index contributed by atoms with van der Waals surface area (Å²) in [7, 11) is 4.56. The summed E-state index contributed by atoms with van der Waals surface area (Å²) in [4.78, 5) is 48.5. The molecule has 0 unspecified atom stereocenters. The second-order valence-corrected chi connectivity index (χ2v) is 24.5. The number of piperazine rings is 4. The number of carbonyl (C=O) groups is 4. The maximum atomic E-state index is 14.9. The molecule has 0 aliphatic carbocycles. The maximum absolute atomic E-state index is 14.9. The first kappa shape index (κ1) is 71.8. The molecule has 0 bridgehead atoms. The molecule has 4 aliphatic heterocycles. The van der Waals surface area contributed by atoms with Crippen LogP contribution in [0.25, 0.3) is 22.3 Å². The van der Waals surface area contributed by atoms with Crippen LogP contribution in [0.2, 0.25) is 0 Å². The third kappa shape index (κ3) is 22.9. The minimum absolute atomic E-state index is 0.113. The molecule has 10 rings (SSSR count). The van der Waals surface area contributed by atoms with Gasteiger partial charge >= 0.3 is 12.4 Å². The normalized spacial score (nSPS) is 18.3. The number of hydrogen-bond donors (Lipinski definition) is 6. The smallest absolute Gasteiger partial charge is 0.430 e. The van der Waals surface area contributed by atoms with Gasteiger partial charge in [-0.2, -0.15) is 26.3 Å². The average molecular weight is 1290 g/mol. The van der Waals surface area contributed by atoms with Gasteiger partial charge in [-0.3, -0.25) is 19.4 Å². The standard InChI is InChI=1S/2C32H40FN5O.2C2HF3O2/c2*1-24-21-37(14-11-35-24)22-26-5-3-7-28(17-26)30-19-25(9-10-31(30)33)20-36-32(39)29-8-4-6-27(18-29)23-38(2)15-12-34-13-16-38;2*3-2(4,5)1(6)7/h2*3-10,17-19,24,34-35H,11-16,20-23H2,1-2H3;2*(H,6,7)/t2*24-;;/m00../s1. The number of benzene rings is 6. The summed E-state index contributed by atoms with van der Waals surface area (Å²) in [5.74, 6) is -6.75. The number of carbonyl (C=O) groups excluding carboxylic acids is 4. The van der Waals surface area contributed by atoms with Gasteiger partial charge in [0.1, 0.15) is 36.7 Å². The molecular formula is C68H82F8N10O6. The van der Waals surface area contributed by atoms with Crippen molar-refractivity contribution in [3.8, 4) is 22.3 Å². The fourth-order valence-electron chi connectivity index (χ4n) is 11.6. The quantitative estimate of drug-likeness (QED) is 0.0481. The highest BCUT2D eigenvalue weighted by Gasteiger charge is 2.30. The first-order valence-corrected chi connectivity index (χ1v) is 30.7. The minimum atomic E-state index is -5.19. The summed E-state index contributed by atoms with van der Waals surface area (Å²) in [6.07, 6.45) is -10.4. The maximum Gasteiger partial charge on any atom is 0.430 e. The van der Waals surface area contributed by atoms with Gasteiger partial charge in [-0.25, -0.2) is 8.78 Å². The van der Waals surface area contributed by atoms with Crippen LogP contribution in [0.5, 0.6) is 0 Å². The molecule has 0 aromatic heterocycles. The summed E-state index contributed by atoms with van der Waals surface area (Å²) >= 11 is 0. The van der Waals surface area contributed by atoms with Crippen LogP contribution in [0.1, 0.15) is 67.9 Å². The number of alkyl halides is 6. The van der Waals surface area contributed by atoms with Crippen LogP contribution in [0.4, 0.5) is 35.1 Å². The molecule has 6 N–H and O–H groups in total. The van der Waals surface area contributed by atoms with Gasteiger partial charge in [-0.15, -0.1) is 0 Å². The van der Waals surface area contributed by atoms with E-state index in [1.807, 2.05) is 72.8 Å². The Kier molecular flexibility index (Phi) is 25.9. The summed E-state index contributed by atoms with van der Waals surface area (Å²) in [6, 6.07) is 43.3. The Morgan fingerprint density at radius 1 is 0.489 bits per heavy atom. The first-order valence-electron chi connectivity index (χ1n) is 30.7. The third-order valence-corrected chi connectivity index (χ3v) is 16.4. The van der Waals surface area contributed by atoms with E-state index in [2.05, 4.69) is 106 Å². The van der Waals surface area contributed by atoms with Crippen LogP contribution >= 0.6 is 0 Å². The molecule has 0 radical (unpaired) electrons. The number of rotatable bonds is 16. The SMILES string of the molecule is C[C@H]1CN(Cc2cccc(-c3cc(CNC(=O)c4cccc(C[N+]5(C)CCNCC5)c4)ccc3F)c2)CCN1.C[C@H]1CN(Cc2cccc(-c3cc(CNC(=O)c4cccc(C[N+]5(C)CCNCC5)c4)ccc3F)c2)CCN1.O=C([O-])C(F)(F)F.O=C([O-])C(F)(F)F. The van der Waals surface area contributed by atoms with Gasteiger partial charge in [0.25, 0.3) is 11.8 Å². The zero-order valence-corrected chi connectivity index (χ0v) is 52.3. The van der Waals surface area contributed by atoms with Crippen molar-refractivity contribution in [3.63, 3.8) is 0 Å². The Labute approximate surface area is 532 Å². The van der Waals surface area contributed by atoms with Crippen molar-refractivity contribution in [3.05, 3.63) is 190 Å². The number of likely N-dealkylation sites (N-methyl/N-ethyl adjacent to an activating group) is 2. The molecule has 4 saturated heterocycles. The molecule has 0 spiro atoms. The van der Waals surface area contributed by atoms with E-state index in [-0.39, 0.29) is 23.4 Å². The van der Waals surface area contributed by atoms with Gasteiger partial charge in [0.2, 0.25) is 0 Å². The lowest BCUT2D eigenvalue weighted by Gasteiger charge is -2.38. The zero-order valence-electron chi connectivity index (χ0n) is 52.3. The van der Waals surface area contributed by atoms with Crippen LogP contribution in [0, 0.1) is 11.6 Å². The molecule has 2 amide bonds. The van der Waals surface area contributed by atoms with E-state index in [4.69, 9.17) is 19.8 Å². The Bertz CT molecular complexity index is 3210. The molecule has 4 heterocycles. The highest BCUT2D eigenvalue weighted by molar-refractivity contribution is 5.95. The molecule has 4 aliphatic rings. The van der Waals surface area contributed by atoms with Crippen molar-refractivity contribution in [2.75, 3.05) is 106 Å². The molecular weight excluding hydrogens is 1200 g/mol. The van der Waals surface area contributed by atoms with Crippen molar-refractivity contribution >= 4 is 23.8 Å². The lowest BCUT2D eigenvalue weighted by Crippen LogP contribution is -2.55. The van der Waals surface area contributed by atoms with Gasteiger partial charge in [0.15, 0.2) is 0 Å². The van der Waals surface area contributed by atoms with Gasteiger partial charge < -0.3 is 60.7 Å². The molecule has 496 valence electrons. The first-order chi connectivity index (χ1) is 43.6. The summed E-state index contributed by atoms with van der Waals surface area (Å²) in [5, 5.41) is 37.4. The number of carboxylic acids is 2. The number of hydrogen-bond acceptors (Lipinski definition) is 12. The summed E-state index contributed by atoms with van der Waals surface area (Å²) in [6.45, 7) is 23.1. The number of amides is 2. The van der Waals surface area contributed by atoms with Gasteiger partial charge in [-0.05, 0) is 108 Å². The lowest BCUT2D eigenvalue weighted by molar-refractivity contribution is -0.924. The predicted octanol–water partition coefficient (Wildman–Crippen LogP) is 6.13. The van der Waals surface area contributed by atoms with E-state index in [1.54, 1.807) is 12.1 Å². The number of nitrogens with one attached hydrogen (secondary N) is 6. The van der Waals surface area contributed by atoms with Crippen LogP contribution in [0.15, 0.2) is 133 Å². The molecule has 4 fully saturated rings. The second-order valence-electron chi connectivity index (χ2n) is 24.5. The van der Waals surface area contributed by atoms with E-state index in [9.17, 15) is 44.7 Å². The number of nitrogens with zero attached hydrogens (tertiary/aromatic N) is 4. The molecule has 6 aromatic rings.